The van der Waals surface area contributed by atoms with Gasteiger partial charge in [-0.3, -0.25) is 9.69 Å². The first-order chi connectivity index (χ1) is 16.4. The van der Waals surface area contributed by atoms with Crippen LogP contribution in [0.15, 0.2) is 48.8 Å². The second-order valence-corrected chi connectivity index (χ2v) is 9.71. The predicted octanol–water partition coefficient (Wildman–Crippen LogP) is 3.28. The van der Waals surface area contributed by atoms with E-state index >= 15 is 0 Å². The highest BCUT2D eigenvalue weighted by Crippen LogP contribution is 2.36. The molecule has 6 rings (SSSR count). The summed E-state index contributed by atoms with van der Waals surface area (Å²) in [7, 11) is 2.22. The molecule has 1 aromatic carbocycles. The number of benzene rings is 1. The van der Waals surface area contributed by atoms with Gasteiger partial charge in [0.15, 0.2) is 17.2 Å². The Morgan fingerprint density at radius 2 is 1.94 bits per heavy atom. The van der Waals surface area contributed by atoms with Crippen molar-refractivity contribution in [3.63, 3.8) is 0 Å². The van der Waals surface area contributed by atoms with Crippen molar-refractivity contribution in [3.8, 4) is 17.0 Å². The van der Waals surface area contributed by atoms with E-state index in [1.807, 2.05) is 12.1 Å². The normalized spacial score (nSPS) is 22.8. The number of carbonyl (C=O) groups excluding carboxylic acids is 1. The molecule has 9 nitrogen and oxygen atoms in total. The summed E-state index contributed by atoms with van der Waals surface area (Å²) in [4.78, 5) is 30.4. The lowest BCUT2D eigenvalue weighted by Gasteiger charge is -2.33. The Morgan fingerprint density at radius 1 is 1.12 bits per heavy atom. The Kier molecular flexibility index (Phi) is 4.70. The highest BCUT2D eigenvalue weighted by atomic mass is 16.5. The number of likely N-dealkylation sites (N-methyl/N-ethyl adjacent to an activating group) is 1. The molecular formula is C25H27N7O2. The number of likely N-dealkylation sites (tertiary alicyclic amines) is 1. The maximum absolute atomic E-state index is 12.1. The molecule has 9 heteroatoms. The van der Waals surface area contributed by atoms with Crippen molar-refractivity contribution in [2.24, 2.45) is 0 Å². The standard InChI is InChI=1S/C25H27N7O2/c1-25(2)23(33)30-22-21(34-25)10-15(12-27-22)20-8-9-26-24(29-20)28-16-4-6-17(7-5-16)32-14-18-11-19(32)13-31(18)3/h4-10,12,18-19H,11,13-14H2,1-3H3,(H,26,28,29)(H,27,30,33)/t18-,19-/m0/s1. The van der Waals surface area contributed by atoms with E-state index in [4.69, 9.17) is 4.74 Å². The van der Waals surface area contributed by atoms with Gasteiger partial charge in [0.1, 0.15) is 0 Å². The number of ether oxygens (including phenoxy) is 1. The molecule has 34 heavy (non-hydrogen) atoms. The molecule has 0 radical (unpaired) electrons. The van der Waals surface area contributed by atoms with Crippen LogP contribution in [0.4, 0.5) is 23.1 Å². The van der Waals surface area contributed by atoms with E-state index in [-0.39, 0.29) is 5.91 Å². The lowest BCUT2D eigenvalue weighted by molar-refractivity contribution is -0.129. The highest BCUT2D eigenvalue weighted by Gasteiger charge is 2.41. The average molecular weight is 458 g/mol. The van der Waals surface area contributed by atoms with E-state index in [0.29, 0.717) is 35.3 Å². The van der Waals surface area contributed by atoms with Gasteiger partial charge in [-0.05, 0) is 63.7 Å². The van der Waals surface area contributed by atoms with Crippen LogP contribution in [0.2, 0.25) is 0 Å². The second kappa shape index (κ2) is 7.66. The van der Waals surface area contributed by atoms with Gasteiger partial charge in [-0.2, -0.15) is 0 Å². The summed E-state index contributed by atoms with van der Waals surface area (Å²) in [5, 5.41) is 6.08. The van der Waals surface area contributed by atoms with Crippen LogP contribution in [-0.4, -0.2) is 63.6 Å². The van der Waals surface area contributed by atoms with Crippen LogP contribution in [0, 0.1) is 0 Å². The lowest BCUT2D eigenvalue weighted by Crippen LogP contribution is -2.45. The number of piperazine rings is 1. The molecule has 2 N–H and O–H groups in total. The molecule has 0 spiro atoms. The molecule has 0 unspecified atom stereocenters. The van der Waals surface area contributed by atoms with Gasteiger partial charge >= 0.3 is 0 Å². The number of hydrogen-bond donors (Lipinski definition) is 2. The summed E-state index contributed by atoms with van der Waals surface area (Å²) < 4.78 is 5.86. The molecule has 2 bridgehead atoms. The summed E-state index contributed by atoms with van der Waals surface area (Å²) >= 11 is 0. The smallest absolute Gasteiger partial charge is 0.269 e. The number of nitrogens with one attached hydrogen (secondary N) is 2. The summed E-state index contributed by atoms with van der Waals surface area (Å²) in [5.74, 6) is 1.22. The number of amides is 1. The zero-order valence-corrected chi connectivity index (χ0v) is 19.4. The van der Waals surface area contributed by atoms with Gasteiger partial charge in [0, 0.05) is 54.5 Å². The zero-order chi connectivity index (χ0) is 23.4. The number of anilines is 4. The molecule has 0 saturated carbocycles. The third kappa shape index (κ3) is 3.62. The number of carbonyl (C=O) groups is 1. The van der Waals surface area contributed by atoms with E-state index in [2.05, 4.69) is 66.7 Å². The minimum absolute atomic E-state index is 0.218. The zero-order valence-electron chi connectivity index (χ0n) is 19.4. The van der Waals surface area contributed by atoms with Gasteiger partial charge in [-0.25, -0.2) is 15.0 Å². The number of fused-ring (bicyclic) bond motifs is 3. The fraction of sp³-hybridized carbons (Fsp3) is 0.360. The van der Waals surface area contributed by atoms with Crippen molar-refractivity contribution in [1.29, 1.82) is 0 Å². The van der Waals surface area contributed by atoms with Crippen LogP contribution in [0.25, 0.3) is 11.3 Å². The highest BCUT2D eigenvalue weighted by molar-refractivity contribution is 5.99. The molecule has 2 aromatic heterocycles. The summed E-state index contributed by atoms with van der Waals surface area (Å²) in [6.45, 7) is 5.68. The Bertz CT molecular complexity index is 1260. The number of nitrogens with zero attached hydrogens (tertiary/aromatic N) is 5. The first-order valence-electron chi connectivity index (χ1n) is 11.5. The van der Waals surface area contributed by atoms with Crippen LogP contribution >= 0.6 is 0 Å². The largest absolute Gasteiger partial charge is 0.474 e. The second-order valence-electron chi connectivity index (χ2n) is 9.71. The van der Waals surface area contributed by atoms with E-state index < -0.39 is 5.60 Å². The van der Waals surface area contributed by atoms with Crippen molar-refractivity contribution in [2.45, 2.75) is 38.0 Å². The third-order valence-electron chi connectivity index (χ3n) is 6.92. The fourth-order valence-corrected chi connectivity index (χ4v) is 4.96. The van der Waals surface area contributed by atoms with Crippen molar-refractivity contribution in [1.82, 2.24) is 19.9 Å². The molecule has 3 aromatic rings. The molecule has 2 fully saturated rings. The SMILES string of the molecule is CN1C[C@@H]2C[C@H]1CN2c1ccc(Nc2nccc(-c3cnc4c(c3)OC(C)(C)C(=O)N4)n2)cc1. The molecule has 3 aliphatic heterocycles. The molecule has 3 aliphatic rings. The number of pyridine rings is 1. The number of rotatable bonds is 4. The Balaban J connectivity index is 1.19. The Morgan fingerprint density at radius 3 is 2.68 bits per heavy atom. The first-order valence-corrected chi connectivity index (χ1v) is 11.5. The van der Waals surface area contributed by atoms with Crippen LogP contribution in [0.3, 0.4) is 0 Å². The topological polar surface area (TPSA) is 95.5 Å². The van der Waals surface area contributed by atoms with Crippen molar-refractivity contribution in [2.75, 3.05) is 35.7 Å². The maximum Gasteiger partial charge on any atom is 0.269 e. The Labute approximate surface area is 198 Å². The van der Waals surface area contributed by atoms with Crippen LogP contribution in [0.5, 0.6) is 5.75 Å². The monoisotopic (exact) mass is 457 g/mol. The fourth-order valence-electron chi connectivity index (χ4n) is 4.96. The summed E-state index contributed by atoms with van der Waals surface area (Å²) in [6, 6.07) is 13.4. The van der Waals surface area contributed by atoms with Crippen molar-refractivity contribution in [3.05, 3.63) is 48.8 Å². The predicted molar refractivity (Wildman–Crippen MR) is 130 cm³/mol. The van der Waals surface area contributed by atoms with Crippen LogP contribution in [0.1, 0.15) is 20.3 Å². The van der Waals surface area contributed by atoms with Gasteiger partial charge in [0.2, 0.25) is 5.95 Å². The van der Waals surface area contributed by atoms with Gasteiger partial charge in [-0.1, -0.05) is 0 Å². The van der Waals surface area contributed by atoms with E-state index in [9.17, 15) is 4.79 Å². The third-order valence-corrected chi connectivity index (χ3v) is 6.92. The van der Waals surface area contributed by atoms with Gasteiger partial charge in [0.05, 0.1) is 5.69 Å². The number of aromatic nitrogens is 3. The minimum Gasteiger partial charge on any atom is -0.474 e. The minimum atomic E-state index is -0.956. The number of hydrogen-bond acceptors (Lipinski definition) is 8. The van der Waals surface area contributed by atoms with Crippen molar-refractivity contribution >= 4 is 29.0 Å². The molecule has 2 saturated heterocycles. The molecule has 0 aliphatic carbocycles. The van der Waals surface area contributed by atoms with Gasteiger partial charge < -0.3 is 20.3 Å². The van der Waals surface area contributed by atoms with E-state index in [0.717, 1.165) is 24.3 Å². The first kappa shape index (κ1) is 20.9. The molecule has 2 atom stereocenters. The summed E-state index contributed by atoms with van der Waals surface area (Å²) in [5.41, 5.74) is 2.72. The van der Waals surface area contributed by atoms with Crippen molar-refractivity contribution < 1.29 is 9.53 Å². The quantitative estimate of drug-likeness (QED) is 0.616. The van der Waals surface area contributed by atoms with Gasteiger partial charge in [0.25, 0.3) is 5.91 Å². The lowest BCUT2D eigenvalue weighted by atomic mass is 10.1. The molecule has 174 valence electrons. The van der Waals surface area contributed by atoms with Gasteiger partial charge in [-0.15, -0.1) is 0 Å². The summed E-state index contributed by atoms with van der Waals surface area (Å²) in [6.07, 6.45) is 4.63. The maximum atomic E-state index is 12.1. The van der Waals surface area contributed by atoms with Crippen LogP contribution < -0.4 is 20.3 Å². The Hall–Kier alpha value is -3.72. The van der Waals surface area contributed by atoms with Crippen LogP contribution in [-0.2, 0) is 4.79 Å². The van der Waals surface area contributed by atoms with E-state index in [1.165, 1.54) is 12.1 Å². The van der Waals surface area contributed by atoms with E-state index in [1.54, 1.807) is 26.2 Å². The molecular weight excluding hydrogens is 430 g/mol. The molecule has 5 heterocycles. The average Bonchev–Trinajstić information content (AvgIpc) is 3.40. The molecule has 1 amide bonds.